The van der Waals surface area contributed by atoms with Crippen LogP contribution < -0.4 is 0 Å². The quantitative estimate of drug-likeness (QED) is 0.433. The summed E-state index contributed by atoms with van der Waals surface area (Å²) in [4.78, 5) is 0. The largest absolute Gasteiger partial charge is 0.193 e. The van der Waals surface area contributed by atoms with Crippen LogP contribution in [0.4, 0.5) is 0 Å². The molecule has 0 heterocycles. The van der Waals surface area contributed by atoms with E-state index in [2.05, 4.69) is 12.7 Å². The Labute approximate surface area is 66.1 Å². The maximum absolute atomic E-state index is 3.51. The van der Waals surface area contributed by atoms with E-state index in [0.29, 0.717) is 0 Å². The Kier molecular flexibility index (Phi) is 4.11. The molecule has 47 valence electrons. The molecule has 0 saturated heterocycles. The van der Waals surface area contributed by atoms with E-state index in [9.17, 15) is 0 Å². The fourth-order valence-electron chi connectivity index (χ4n) is 0.556. The van der Waals surface area contributed by atoms with E-state index in [4.69, 9.17) is 0 Å². The predicted octanol–water partition coefficient (Wildman–Crippen LogP) is 2.02. The molecule has 1 aromatic carbocycles. The van der Waals surface area contributed by atoms with Crippen LogP contribution in [-0.2, 0) is 17.1 Å². The van der Waals surface area contributed by atoms with Crippen LogP contribution in [0.2, 0.25) is 0 Å². The van der Waals surface area contributed by atoms with Crippen LogP contribution in [0.15, 0.2) is 36.9 Å². The van der Waals surface area contributed by atoms with Gasteiger partial charge >= 0.3 is 0 Å². The van der Waals surface area contributed by atoms with E-state index in [0.717, 1.165) is 5.56 Å². The molecule has 0 bridgehead atoms. The second kappa shape index (κ2) is 4.37. The Bertz CT molecular complexity index is 167. The third-order valence-electron chi connectivity index (χ3n) is 0.978. The first-order chi connectivity index (χ1) is 3.93. The van der Waals surface area contributed by atoms with E-state index < -0.39 is 0 Å². The Morgan fingerprint density at radius 1 is 1.11 bits per heavy atom. The zero-order chi connectivity index (χ0) is 5.82. The molecule has 0 aliphatic heterocycles. The molecule has 0 atom stereocenters. The molecule has 0 aliphatic carbocycles. The number of benzene rings is 1. The Balaban J connectivity index is 0.000000640. The molecule has 0 fully saturated rings. The van der Waals surface area contributed by atoms with E-state index in [-0.39, 0.29) is 17.1 Å². The smallest absolute Gasteiger partial charge is 0 e. The zero-order valence-electron chi connectivity index (χ0n) is 4.97. The molecule has 1 aromatic rings. The predicted molar refractivity (Wildman–Crippen MR) is 34.4 cm³/mol. The number of hydrogen-bond donors (Lipinski definition) is 0. The molecular formula is C8H7Mn-. The SMILES string of the molecule is C=[C-]c1ccccc1.[Mn]. The van der Waals surface area contributed by atoms with Crippen LogP contribution in [0.25, 0.3) is 0 Å². The summed E-state index contributed by atoms with van der Waals surface area (Å²) in [5.41, 5.74) is 1.05. The summed E-state index contributed by atoms with van der Waals surface area (Å²) >= 11 is 0. The van der Waals surface area contributed by atoms with Gasteiger partial charge in [0.2, 0.25) is 0 Å². The van der Waals surface area contributed by atoms with Crippen molar-refractivity contribution in [3.63, 3.8) is 0 Å². The van der Waals surface area contributed by atoms with Gasteiger partial charge in [0.25, 0.3) is 0 Å². The second-order valence-corrected chi connectivity index (χ2v) is 1.54. The van der Waals surface area contributed by atoms with Crippen LogP contribution >= 0.6 is 0 Å². The van der Waals surface area contributed by atoms with Gasteiger partial charge in [-0.05, 0) is 0 Å². The first kappa shape index (κ1) is 8.48. The molecule has 0 unspecified atom stereocenters. The third kappa shape index (κ3) is 2.50. The summed E-state index contributed by atoms with van der Waals surface area (Å²) < 4.78 is 0. The van der Waals surface area contributed by atoms with E-state index >= 15 is 0 Å². The minimum atomic E-state index is 0. The molecular weight excluding hydrogens is 151 g/mol. The molecule has 0 aliphatic rings. The zero-order valence-corrected chi connectivity index (χ0v) is 6.15. The second-order valence-electron chi connectivity index (χ2n) is 1.54. The standard InChI is InChI=1S/C8H7.Mn/c1-2-8-6-4-3-5-7-8;/h3-7H,1H2;/q-1;. The molecule has 9 heavy (non-hydrogen) atoms. The van der Waals surface area contributed by atoms with Crippen molar-refractivity contribution >= 4 is 0 Å². The number of hydrogen-bond acceptors (Lipinski definition) is 0. The van der Waals surface area contributed by atoms with Crippen molar-refractivity contribution in [2.24, 2.45) is 0 Å². The molecule has 0 N–H and O–H groups in total. The average Bonchev–Trinajstić information content (AvgIpc) is 1.90. The maximum Gasteiger partial charge on any atom is 0 e. The molecule has 0 nitrogen and oxygen atoms in total. The van der Waals surface area contributed by atoms with Gasteiger partial charge in [-0.25, -0.2) is 0 Å². The molecule has 0 amide bonds. The van der Waals surface area contributed by atoms with E-state index in [1.807, 2.05) is 30.3 Å². The topological polar surface area (TPSA) is 0 Å². The Morgan fingerprint density at radius 3 is 2.00 bits per heavy atom. The minimum absolute atomic E-state index is 0. The molecule has 1 radical (unpaired) electrons. The minimum Gasteiger partial charge on any atom is -0.193 e. The Morgan fingerprint density at radius 2 is 1.67 bits per heavy atom. The summed E-state index contributed by atoms with van der Waals surface area (Å²) in [6.45, 7) is 3.51. The van der Waals surface area contributed by atoms with Crippen molar-refractivity contribution in [2.75, 3.05) is 0 Å². The number of rotatable bonds is 1. The summed E-state index contributed by atoms with van der Waals surface area (Å²) in [7, 11) is 0. The van der Waals surface area contributed by atoms with Crippen LogP contribution in [0.5, 0.6) is 0 Å². The molecule has 1 rings (SSSR count). The van der Waals surface area contributed by atoms with Gasteiger partial charge in [-0.3, -0.25) is 0 Å². The molecule has 0 aromatic heterocycles. The normalized spacial score (nSPS) is 7.56. The van der Waals surface area contributed by atoms with Crippen LogP contribution in [0.1, 0.15) is 5.56 Å². The summed E-state index contributed by atoms with van der Waals surface area (Å²) in [5.74, 6) is 0. The van der Waals surface area contributed by atoms with Gasteiger partial charge in [0.05, 0.1) is 0 Å². The van der Waals surface area contributed by atoms with Crippen molar-refractivity contribution < 1.29 is 17.1 Å². The molecule has 0 saturated carbocycles. The summed E-state index contributed by atoms with van der Waals surface area (Å²) in [6.07, 6.45) is 2.78. The Hall–Kier alpha value is -0.521. The van der Waals surface area contributed by atoms with Gasteiger partial charge in [0.1, 0.15) is 0 Å². The van der Waals surface area contributed by atoms with Crippen LogP contribution in [-0.4, -0.2) is 0 Å². The van der Waals surface area contributed by atoms with Crippen molar-refractivity contribution in [1.82, 2.24) is 0 Å². The van der Waals surface area contributed by atoms with Crippen LogP contribution in [0, 0.1) is 6.08 Å². The van der Waals surface area contributed by atoms with Crippen molar-refractivity contribution in [3.8, 4) is 0 Å². The van der Waals surface area contributed by atoms with Crippen LogP contribution in [0.3, 0.4) is 0 Å². The van der Waals surface area contributed by atoms with E-state index in [1.165, 1.54) is 0 Å². The van der Waals surface area contributed by atoms with Gasteiger partial charge in [-0.1, -0.05) is 6.07 Å². The summed E-state index contributed by atoms with van der Waals surface area (Å²) in [6, 6.07) is 9.84. The van der Waals surface area contributed by atoms with Gasteiger partial charge in [0.15, 0.2) is 0 Å². The van der Waals surface area contributed by atoms with Gasteiger partial charge in [-0.15, -0.1) is 12.1 Å². The van der Waals surface area contributed by atoms with Crippen molar-refractivity contribution in [2.45, 2.75) is 0 Å². The van der Waals surface area contributed by atoms with E-state index in [1.54, 1.807) is 0 Å². The molecule has 1 heteroatoms. The summed E-state index contributed by atoms with van der Waals surface area (Å²) in [5, 5.41) is 0. The monoisotopic (exact) mass is 158 g/mol. The first-order valence-corrected chi connectivity index (χ1v) is 2.51. The van der Waals surface area contributed by atoms with Crippen molar-refractivity contribution in [1.29, 1.82) is 0 Å². The first-order valence-electron chi connectivity index (χ1n) is 2.51. The third-order valence-corrected chi connectivity index (χ3v) is 0.978. The van der Waals surface area contributed by atoms with Gasteiger partial charge in [-0.2, -0.15) is 30.4 Å². The van der Waals surface area contributed by atoms with Crippen molar-refractivity contribution in [3.05, 3.63) is 48.6 Å². The van der Waals surface area contributed by atoms with Gasteiger partial charge in [0, 0.05) is 17.1 Å². The average molecular weight is 158 g/mol. The maximum atomic E-state index is 3.51. The fourth-order valence-corrected chi connectivity index (χ4v) is 0.556. The van der Waals surface area contributed by atoms with Gasteiger partial charge < -0.3 is 0 Å². The fraction of sp³-hybridized carbons (Fsp3) is 0. The molecule has 0 spiro atoms.